The van der Waals surface area contributed by atoms with Crippen LogP contribution in [0.3, 0.4) is 0 Å². The number of allylic oxidation sites excluding steroid dienone is 4. The molecule has 2 aliphatic carbocycles. The van der Waals surface area contributed by atoms with E-state index in [0.717, 1.165) is 36.8 Å². The Balaban J connectivity index is 2.21. The van der Waals surface area contributed by atoms with Crippen LogP contribution in [0.25, 0.3) is 0 Å². The van der Waals surface area contributed by atoms with Crippen molar-refractivity contribution in [2.45, 2.75) is 38.5 Å². The number of carbonyl (C=O) groups is 2. The first-order valence-electron chi connectivity index (χ1n) is 5.23. The third kappa shape index (κ3) is 2.00. The molecule has 0 heterocycles. The topological polar surface area (TPSA) is 34.1 Å². The van der Waals surface area contributed by atoms with Gasteiger partial charge in [0, 0.05) is 12.8 Å². The Labute approximate surface area is 83.7 Å². The minimum absolute atomic E-state index is 0.213. The highest BCUT2D eigenvalue weighted by Gasteiger charge is 2.17. The molecule has 0 saturated heterocycles. The minimum Gasteiger partial charge on any atom is -0.295 e. The summed E-state index contributed by atoms with van der Waals surface area (Å²) >= 11 is 0. The fourth-order valence-electron chi connectivity index (χ4n) is 2.09. The van der Waals surface area contributed by atoms with Crippen LogP contribution in [0.2, 0.25) is 0 Å². The molecule has 2 heteroatoms. The summed E-state index contributed by atoms with van der Waals surface area (Å²) < 4.78 is 0. The molecule has 2 aliphatic rings. The van der Waals surface area contributed by atoms with Crippen LogP contribution in [0.15, 0.2) is 23.3 Å². The summed E-state index contributed by atoms with van der Waals surface area (Å²) in [4.78, 5) is 22.4. The molecule has 0 saturated carbocycles. The second-order valence-corrected chi connectivity index (χ2v) is 3.98. The normalized spacial score (nSPS) is 23.1. The molecule has 0 unspecified atom stereocenters. The predicted octanol–water partition coefficient (Wildman–Crippen LogP) is 2.35. The van der Waals surface area contributed by atoms with E-state index >= 15 is 0 Å². The van der Waals surface area contributed by atoms with Gasteiger partial charge in [0.2, 0.25) is 0 Å². The van der Waals surface area contributed by atoms with E-state index in [1.165, 1.54) is 0 Å². The number of ketones is 2. The zero-order chi connectivity index (χ0) is 9.97. The maximum Gasteiger partial charge on any atom is 0.155 e. The summed E-state index contributed by atoms with van der Waals surface area (Å²) in [5.41, 5.74) is 2.21. The summed E-state index contributed by atoms with van der Waals surface area (Å²) in [6, 6.07) is 0. The van der Waals surface area contributed by atoms with E-state index in [1.807, 2.05) is 0 Å². The second kappa shape index (κ2) is 3.91. The van der Waals surface area contributed by atoms with Crippen LogP contribution >= 0.6 is 0 Å². The van der Waals surface area contributed by atoms with Crippen molar-refractivity contribution in [3.05, 3.63) is 23.3 Å². The monoisotopic (exact) mass is 190 g/mol. The minimum atomic E-state index is 0.213. The predicted molar refractivity (Wildman–Crippen MR) is 53.9 cm³/mol. The maximum atomic E-state index is 11.2. The lowest BCUT2D eigenvalue weighted by atomic mass is 9.87. The molecule has 0 atom stereocenters. The van der Waals surface area contributed by atoms with Crippen molar-refractivity contribution in [1.29, 1.82) is 0 Å². The van der Waals surface area contributed by atoms with Gasteiger partial charge in [-0.2, -0.15) is 0 Å². The first kappa shape index (κ1) is 9.38. The average molecular weight is 190 g/mol. The average Bonchev–Trinajstić information content (AvgIpc) is 2.18. The summed E-state index contributed by atoms with van der Waals surface area (Å²) in [6.07, 6.45) is 8.61. The van der Waals surface area contributed by atoms with Gasteiger partial charge in [0.15, 0.2) is 11.6 Å². The van der Waals surface area contributed by atoms with Crippen molar-refractivity contribution in [3.63, 3.8) is 0 Å². The third-order valence-electron chi connectivity index (χ3n) is 2.82. The van der Waals surface area contributed by atoms with Crippen LogP contribution in [0, 0.1) is 0 Å². The van der Waals surface area contributed by atoms with Crippen molar-refractivity contribution in [2.24, 2.45) is 0 Å². The molecule has 14 heavy (non-hydrogen) atoms. The van der Waals surface area contributed by atoms with Crippen LogP contribution in [0.1, 0.15) is 38.5 Å². The highest BCUT2D eigenvalue weighted by molar-refractivity contribution is 5.94. The number of hydrogen-bond donors (Lipinski definition) is 0. The van der Waals surface area contributed by atoms with E-state index in [-0.39, 0.29) is 11.6 Å². The quantitative estimate of drug-likeness (QED) is 0.636. The van der Waals surface area contributed by atoms with Gasteiger partial charge in [-0.15, -0.1) is 0 Å². The van der Waals surface area contributed by atoms with E-state index in [9.17, 15) is 9.59 Å². The molecule has 0 radical (unpaired) electrons. The molecule has 0 N–H and O–H groups in total. The van der Waals surface area contributed by atoms with Crippen LogP contribution in [0.4, 0.5) is 0 Å². The molecule has 74 valence electrons. The highest BCUT2D eigenvalue weighted by atomic mass is 16.1. The molecule has 0 bridgehead atoms. The van der Waals surface area contributed by atoms with Gasteiger partial charge in [0.05, 0.1) is 0 Å². The number of carbonyl (C=O) groups excluding carboxylic acids is 2. The Morgan fingerprint density at radius 1 is 0.714 bits per heavy atom. The lowest BCUT2D eigenvalue weighted by molar-refractivity contribution is -0.116. The van der Waals surface area contributed by atoms with Crippen LogP contribution in [-0.2, 0) is 9.59 Å². The Kier molecular flexibility index (Phi) is 2.62. The SMILES string of the molecule is O=C1C=C(C2=CC(=O)CCC2)CCC1. The van der Waals surface area contributed by atoms with Gasteiger partial charge in [-0.3, -0.25) is 9.59 Å². The van der Waals surface area contributed by atoms with Crippen LogP contribution in [-0.4, -0.2) is 11.6 Å². The fourth-order valence-corrected chi connectivity index (χ4v) is 2.09. The van der Waals surface area contributed by atoms with Crippen molar-refractivity contribution in [3.8, 4) is 0 Å². The molecule has 0 aromatic rings. The van der Waals surface area contributed by atoms with Gasteiger partial charge in [0.25, 0.3) is 0 Å². The van der Waals surface area contributed by atoms with Gasteiger partial charge in [-0.25, -0.2) is 0 Å². The Morgan fingerprint density at radius 3 is 1.50 bits per heavy atom. The molecule has 0 aliphatic heterocycles. The number of rotatable bonds is 1. The molecule has 0 amide bonds. The Hall–Kier alpha value is -1.18. The van der Waals surface area contributed by atoms with Gasteiger partial charge in [-0.05, 0) is 49.0 Å². The summed E-state index contributed by atoms with van der Waals surface area (Å²) in [7, 11) is 0. The lowest BCUT2D eigenvalue weighted by Gasteiger charge is -2.17. The molecular formula is C12H14O2. The molecule has 2 nitrogen and oxygen atoms in total. The molecule has 0 aromatic heterocycles. The van der Waals surface area contributed by atoms with Crippen molar-refractivity contribution < 1.29 is 9.59 Å². The maximum absolute atomic E-state index is 11.2. The molecule has 2 rings (SSSR count). The van der Waals surface area contributed by atoms with Crippen LogP contribution in [0.5, 0.6) is 0 Å². The lowest BCUT2D eigenvalue weighted by Crippen LogP contribution is -2.09. The standard InChI is InChI=1S/C12H14O2/c13-11-5-1-3-9(7-11)10-4-2-6-12(14)8-10/h7-8H,1-6H2. The van der Waals surface area contributed by atoms with Gasteiger partial charge in [0.1, 0.15) is 0 Å². The smallest absolute Gasteiger partial charge is 0.155 e. The highest BCUT2D eigenvalue weighted by Crippen LogP contribution is 2.28. The largest absolute Gasteiger partial charge is 0.295 e. The first-order chi connectivity index (χ1) is 6.75. The molecule has 0 aromatic carbocycles. The van der Waals surface area contributed by atoms with Crippen molar-refractivity contribution in [2.75, 3.05) is 0 Å². The van der Waals surface area contributed by atoms with Gasteiger partial charge in [-0.1, -0.05) is 0 Å². The fraction of sp³-hybridized carbons (Fsp3) is 0.500. The molecular weight excluding hydrogens is 176 g/mol. The Bertz CT molecular complexity index is 300. The van der Waals surface area contributed by atoms with Crippen LogP contribution < -0.4 is 0 Å². The van der Waals surface area contributed by atoms with Gasteiger partial charge >= 0.3 is 0 Å². The van der Waals surface area contributed by atoms with E-state index < -0.39 is 0 Å². The van der Waals surface area contributed by atoms with Crippen molar-refractivity contribution >= 4 is 11.6 Å². The Morgan fingerprint density at radius 2 is 1.14 bits per heavy atom. The van der Waals surface area contributed by atoms with E-state index in [2.05, 4.69) is 0 Å². The number of hydrogen-bond acceptors (Lipinski definition) is 2. The third-order valence-corrected chi connectivity index (χ3v) is 2.82. The second-order valence-electron chi connectivity index (χ2n) is 3.98. The van der Waals surface area contributed by atoms with Crippen molar-refractivity contribution in [1.82, 2.24) is 0 Å². The summed E-state index contributed by atoms with van der Waals surface area (Å²) in [5.74, 6) is 0.426. The first-order valence-corrected chi connectivity index (χ1v) is 5.23. The summed E-state index contributed by atoms with van der Waals surface area (Å²) in [6.45, 7) is 0. The van der Waals surface area contributed by atoms with E-state index in [0.29, 0.717) is 12.8 Å². The molecule has 0 spiro atoms. The molecule has 0 fully saturated rings. The van der Waals surface area contributed by atoms with E-state index in [1.54, 1.807) is 12.2 Å². The zero-order valence-electron chi connectivity index (χ0n) is 8.21. The zero-order valence-corrected chi connectivity index (χ0v) is 8.21. The van der Waals surface area contributed by atoms with Gasteiger partial charge < -0.3 is 0 Å². The van der Waals surface area contributed by atoms with E-state index in [4.69, 9.17) is 0 Å². The summed E-state index contributed by atoms with van der Waals surface area (Å²) in [5, 5.41) is 0.